The van der Waals surface area contributed by atoms with Gasteiger partial charge in [-0.15, -0.1) is 11.3 Å². The van der Waals surface area contributed by atoms with E-state index in [1.165, 1.54) is 0 Å². The molecule has 84 valence electrons. The Kier molecular flexibility index (Phi) is 3.23. The van der Waals surface area contributed by atoms with Gasteiger partial charge in [-0.1, -0.05) is 11.6 Å². The highest BCUT2D eigenvalue weighted by atomic mass is 35.5. The standard InChI is InChI=1S/C11H12ClN3S/c1-6-5-8(7(2)15-14-6)10(13)11-9(12)3-4-16-11/h3-5,10H,13H2,1-2H3. The highest BCUT2D eigenvalue weighted by Crippen LogP contribution is 2.32. The molecule has 0 bridgehead atoms. The van der Waals surface area contributed by atoms with Gasteiger partial charge in [0.2, 0.25) is 0 Å². The molecule has 2 heterocycles. The van der Waals surface area contributed by atoms with Crippen LogP contribution in [0.15, 0.2) is 17.5 Å². The molecular formula is C11H12ClN3S. The van der Waals surface area contributed by atoms with Crippen molar-refractivity contribution in [3.63, 3.8) is 0 Å². The number of nitrogens with two attached hydrogens (primary N) is 1. The van der Waals surface area contributed by atoms with Gasteiger partial charge in [0.05, 0.1) is 22.5 Å². The second-order valence-corrected chi connectivity index (χ2v) is 4.99. The fourth-order valence-electron chi connectivity index (χ4n) is 1.55. The molecule has 2 rings (SSSR count). The van der Waals surface area contributed by atoms with Crippen LogP contribution < -0.4 is 5.73 Å². The minimum Gasteiger partial charge on any atom is -0.320 e. The molecule has 0 aliphatic heterocycles. The van der Waals surface area contributed by atoms with Gasteiger partial charge in [0.1, 0.15) is 0 Å². The van der Waals surface area contributed by atoms with E-state index in [0.29, 0.717) is 5.02 Å². The Balaban J connectivity index is 2.45. The minimum atomic E-state index is -0.221. The highest BCUT2D eigenvalue weighted by Gasteiger charge is 2.17. The van der Waals surface area contributed by atoms with Crippen molar-refractivity contribution in [2.75, 3.05) is 0 Å². The lowest BCUT2D eigenvalue weighted by Gasteiger charge is -2.13. The summed E-state index contributed by atoms with van der Waals surface area (Å²) in [6.45, 7) is 3.81. The van der Waals surface area contributed by atoms with Crippen LogP contribution in [-0.2, 0) is 0 Å². The number of halogens is 1. The van der Waals surface area contributed by atoms with Crippen LogP contribution in [0.3, 0.4) is 0 Å². The Morgan fingerprint density at radius 2 is 2.12 bits per heavy atom. The van der Waals surface area contributed by atoms with Crippen LogP contribution in [0, 0.1) is 13.8 Å². The molecule has 16 heavy (non-hydrogen) atoms. The molecule has 3 nitrogen and oxygen atoms in total. The molecule has 5 heteroatoms. The maximum absolute atomic E-state index is 6.19. The second kappa shape index (κ2) is 4.49. The van der Waals surface area contributed by atoms with Gasteiger partial charge in [-0.25, -0.2) is 0 Å². The molecule has 2 N–H and O–H groups in total. The van der Waals surface area contributed by atoms with Crippen molar-refractivity contribution in [3.05, 3.63) is 44.4 Å². The molecule has 0 spiro atoms. The number of hydrogen-bond acceptors (Lipinski definition) is 4. The van der Waals surface area contributed by atoms with Crippen LogP contribution in [0.1, 0.15) is 27.9 Å². The SMILES string of the molecule is Cc1cc(C(N)c2sccc2Cl)c(C)nn1. The predicted molar refractivity (Wildman–Crippen MR) is 66.9 cm³/mol. The molecule has 0 amide bonds. The van der Waals surface area contributed by atoms with Crippen molar-refractivity contribution < 1.29 is 0 Å². The van der Waals surface area contributed by atoms with Crippen molar-refractivity contribution in [2.24, 2.45) is 5.73 Å². The number of hydrogen-bond donors (Lipinski definition) is 1. The molecule has 0 radical (unpaired) electrons. The third-order valence-corrected chi connectivity index (χ3v) is 3.84. The first-order valence-corrected chi connectivity index (χ1v) is 6.14. The summed E-state index contributed by atoms with van der Waals surface area (Å²) < 4.78 is 0. The maximum Gasteiger partial charge on any atom is 0.0680 e. The van der Waals surface area contributed by atoms with Crippen LogP contribution >= 0.6 is 22.9 Å². The van der Waals surface area contributed by atoms with E-state index in [1.54, 1.807) is 11.3 Å². The lowest BCUT2D eigenvalue weighted by molar-refractivity contribution is 0.826. The van der Waals surface area contributed by atoms with Crippen LogP contribution in [0.25, 0.3) is 0 Å². The van der Waals surface area contributed by atoms with E-state index in [0.717, 1.165) is 21.8 Å². The predicted octanol–water partition coefficient (Wildman–Crippen LogP) is 2.86. The normalized spacial score (nSPS) is 12.8. The Morgan fingerprint density at radius 1 is 1.38 bits per heavy atom. The highest BCUT2D eigenvalue weighted by molar-refractivity contribution is 7.10. The van der Waals surface area contributed by atoms with Crippen molar-refractivity contribution in [3.8, 4) is 0 Å². The molecule has 0 fully saturated rings. The zero-order valence-electron chi connectivity index (χ0n) is 9.07. The summed E-state index contributed by atoms with van der Waals surface area (Å²) in [5.41, 5.74) is 8.89. The first-order chi connectivity index (χ1) is 7.59. The van der Waals surface area contributed by atoms with Crippen LogP contribution in [0.4, 0.5) is 0 Å². The summed E-state index contributed by atoms with van der Waals surface area (Å²) in [6, 6.07) is 3.60. The van der Waals surface area contributed by atoms with E-state index in [-0.39, 0.29) is 6.04 Å². The van der Waals surface area contributed by atoms with Gasteiger partial charge < -0.3 is 5.73 Å². The summed E-state index contributed by atoms with van der Waals surface area (Å²) in [7, 11) is 0. The largest absolute Gasteiger partial charge is 0.320 e. The fourth-order valence-corrected chi connectivity index (χ4v) is 2.75. The van der Waals surface area contributed by atoms with Crippen LogP contribution in [0.2, 0.25) is 5.02 Å². The van der Waals surface area contributed by atoms with Gasteiger partial charge >= 0.3 is 0 Å². The maximum atomic E-state index is 6.19. The van der Waals surface area contributed by atoms with E-state index >= 15 is 0 Å². The summed E-state index contributed by atoms with van der Waals surface area (Å²) in [5.74, 6) is 0. The third-order valence-electron chi connectivity index (χ3n) is 2.40. The smallest absolute Gasteiger partial charge is 0.0680 e. The number of aromatic nitrogens is 2. The molecule has 2 aromatic rings. The summed E-state index contributed by atoms with van der Waals surface area (Å²) in [6.07, 6.45) is 0. The monoisotopic (exact) mass is 253 g/mol. The number of thiophene rings is 1. The van der Waals surface area contributed by atoms with Crippen LogP contribution in [-0.4, -0.2) is 10.2 Å². The topological polar surface area (TPSA) is 51.8 Å². The Morgan fingerprint density at radius 3 is 2.75 bits per heavy atom. The molecule has 0 saturated carbocycles. The fraction of sp³-hybridized carbons (Fsp3) is 0.273. The average Bonchev–Trinajstić information content (AvgIpc) is 2.67. The van der Waals surface area contributed by atoms with Gasteiger partial charge in [-0.3, -0.25) is 0 Å². The second-order valence-electron chi connectivity index (χ2n) is 3.64. The first kappa shape index (κ1) is 11.5. The molecule has 2 aromatic heterocycles. The van der Waals surface area contributed by atoms with Gasteiger partial charge in [-0.05, 0) is 36.9 Å². The van der Waals surface area contributed by atoms with E-state index in [9.17, 15) is 0 Å². The van der Waals surface area contributed by atoms with E-state index in [2.05, 4.69) is 10.2 Å². The van der Waals surface area contributed by atoms with Crippen molar-refractivity contribution in [1.29, 1.82) is 0 Å². The first-order valence-electron chi connectivity index (χ1n) is 4.89. The molecule has 1 atom stereocenters. The molecule has 0 aromatic carbocycles. The van der Waals surface area contributed by atoms with E-state index < -0.39 is 0 Å². The Hall–Kier alpha value is -0.970. The Bertz CT molecular complexity index is 510. The quantitative estimate of drug-likeness (QED) is 0.895. The molecule has 1 unspecified atom stereocenters. The van der Waals surface area contributed by atoms with Gasteiger partial charge in [0, 0.05) is 4.88 Å². The number of rotatable bonds is 2. The lowest BCUT2D eigenvalue weighted by Crippen LogP contribution is -2.14. The molecule has 0 saturated heterocycles. The lowest BCUT2D eigenvalue weighted by atomic mass is 10.0. The third kappa shape index (κ3) is 2.09. The van der Waals surface area contributed by atoms with Crippen molar-refractivity contribution >= 4 is 22.9 Å². The van der Waals surface area contributed by atoms with Crippen molar-refractivity contribution in [2.45, 2.75) is 19.9 Å². The zero-order valence-corrected chi connectivity index (χ0v) is 10.6. The van der Waals surface area contributed by atoms with Crippen LogP contribution in [0.5, 0.6) is 0 Å². The van der Waals surface area contributed by atoms with Gasteiger partial charge in [-0.2, -0.15) is 10.2 Å². The number of nitrogens with zero attached hydrogens (tertiary/aromatic N) is 2. The van der Waals surface area contributed by atoms with E-state index in [1.807, 2.05) is 31.4 Å². The zero-order chi connectivity index (χ0) is 11.7. The summed E-state index contributed by atoms with van der Waals surface area (Å²) in [5, 5.41) is 10.7. The summed E-state index contributed by atoms with van der Waals surface area (Å²) >= 11 is 7.63. The number of aryl methyl sites for hydroxylation is 2. The minimum absolute atomic E-state index is 0.221. The Labute approximate surface area is 103 Å². The molecule has 0 aliphatic carbocycles. The van der Waals surface area contributed by atoms with E-state index in [4.69, 9.17) is 17.3 Å². The van der Waals surface area contributed by atoms with Gasteiger partial charge in [0.25, 0.3) is 0 Å². The summed E-state index contributed by atoms with van der Waals surface area (Å²) in [4.78, 5) is 0.970. The average molecular weight is 254 g/mol. The van der Waals surface area contributed by atoms with Crippen molar-refractivity contribution in [1.82, 2.24) is 10.2 Å². The molecular weight excluding hydrogens is 242 g/mol. The molecule has 0 aliphatic rings. The van der Waals surface area contributed by atoms with Gasteiger partial charge in [0.15, 0.2) is 0 Å².